The number of benzene rings is 1. The van der Waals surface area contributed by atoms with Gasteiger partial charge in [-0.15, -0.1) is 0 Å². The zero-order valence-electron chi connectivity index (χ0n) is 17.8. The maximum absolute atomic E-state index is 12.9. The number of nitrogens with zero attached hydrogens (tertiary/aromatic N) is 4. The number of halogens is 3. The lowest BCUT2D eigenvalue weighted by Crippen LogP contribution is -2.41. The molecule has 2 aromatic heterocycles. The van der Waals surface area contributed by atoms with Crippen molar-refractivity contribution in [2.24, 2.45) is 7.05 Å². The SMILES string of the molecule is Cn1nc(Nc2ccc(C(F)(F)F)cc2)c2ncn(CC(=O)N[C@H]3CC[C@H](O)CC3)c(=O)c21. The molecule has 1 amide bonds. The molecule has 0 aliphatic heterocycles. The smallest absolute Gasteiger partial charge is 0.393 e. The Bertz CT molecular complexity index is 1210. The van der Waals surface area contributed by atoms with Gasteiger partial charge in [0.1, 0.15) is 12.1 Å². The predicted octanol–water partition coefficient (Wildman–Crippen LogP) is 2.31. The third-order valence-corrected chi connectivity index (χ3v) is 5.66. The molecule has 0 unspecified atom stereocenters. The van der Waals surface area contributed by atoms with Crippen molar-refractivity contribution in [2.45, 2.75) is 50.6 Å². The van der Waals surface area contributed by atoms with Crippen LogP contribution in [-0.4, -0.2) is 42.5 Å². The summed E-state index contributed by atoms with van der Waals surface area (Å²) in [4.78, 5) is 29.6. The number of fused-ring (bicyclic) bond motifs is 1. The van der Waals surface area contributed by atoms with E-state index in [2.05, 4.69) is 20.7 Å². The van der Waals surface area contributed by atoms with Crippen molar-refractivity contribution in [1.29, 1.82) is 0 Å². The number of hydrogen-bond donors (Lipinski definition) is 3. The summed E-state index contributed by atoms with van der Waals surface area (Å²) in [5.74, 6) is -0.119. The first-order chi connectivity index (χ1) is 15.6. The Morgan fingerprint density at radius 3 is 2.48 bits per heavy atom. The lowest BCUT2D eigenvalue weighted by molar-refractivity contribution is -0.137. The predicted molar refractivity (Wildman–Crippen MR) is 114 cm³/mol. The molecule has 0 radical (unpaired) electrons. The van der Waals surface area contributed by atoms with Gasteiger partial charge in [-0.2, -0.15) is 18.3 Å². The van der Waals surface area contributed by atoms with E-state index in [9.17, 15) is 27.9 Å². The molecule has 1 aliphatic rings. The maximum Gasteiger partial charge on any atom is 0.416 e. The molecular formula is C21H23F3N6O3. The van der Waals surface area contributed by atoms with E-state index in [4.69, 9.17) is 0 Å². The summed E-state index contributed by atoms with van der Waals surface area (Å²) in [5.41, 5.74) is -0.501. The number of carbonyl (C=O) groups excluding carboxylic acids is 1. The molecule has 0 saturated heterocycles. The first-order valence-electron chi connectivity index (χ1n) is 10.5. The molecular weight excluding hydrogens is 441 g/mol. The highest BCUT2D eigenvalue weighted by Gasteiger charge is 2.30. The highest BCUT2D eigenvalue weighted by molar-refractivity contribution is 5.87. The van der Waals surface area contributed by atoms with E-state index in [1.807, 2.05) is 0 Å². The Balaban J connectivity index is 1.51. The Kier molecular flexibility index (Phi) is 6.11. The van der Waals surface area contributed by atoms with Crippen LogP contribution in [0, 0.1) is 0 Å². The average molecular weight is 464 g/mol. The molecule has 176 valence electrons. The van der Waals surface area contributed by atoms with E-state index in [0.29, 0.717) is 31.4 Å². The number of alkyl halides is 3. The van der Waals surface area contributed by atoms with E-state index in [1.54, 1.807) is 7.05 Å². The fraction of sp³-hybridized carbons (Fsp3) is 0.429. The summed E-state index contributed by atoms with van der Waals surface area (Å²) in [6.45, 7) is -0.215. The van der Waals surface area contributed by atoms with Crippen LogP contribution in [0.25, 0.3) is 11.0 Å². The van der Waals surface area contributed by atoms with E-state index in [0.717, 1.165) is 12.1 Å². The van der Waals surface area contributed by atoms with Crippen LogP contribution in [0.1, 0.15) is 31.2 Å². The molecule has 33 heavy (non-hydrogen) atoms. The lowest BCUT2D eigenvalue weighted by Gasteiger charge is -2.26. The lowest BCUT2D eigenvalue weighted by atomic mass is 9.93. The number of amides is 1. The van der Waals surface area contributed by atoms with Crippen LogP contribution in [0.15, 0.2) is 35.4 Å². The average Bonchev–Trinajstić information content (AvgIpc) is 3.07. The molecule has 9 nitrogen and oxygen atoms in total. The van der Waals surface area contributed by atoms with Crippen molar-refractivity contribution < 1.29 is 23.1 Å². The topological polar surface area (TPSA) is 114 Å². The summed E-state index contributed by atoms with van der Waals surface area (Å²) >= 11 is 0. The second-order valence-corrected chi connectivity index (χ2v) is 8.12. The number of aryl methyl sites for hydroxylation is 1. The van der Waals surface area contributed by atoms with Gasteiger partial charge in [-0.05, 0) is 49.9 Å². The number of aliphatic hydroxyl groups excluding tert-OH is 1. The highest BCUT2D eigenvalue weighted by atomic mass is 19.4. The molecule has 4 rings (SSSR count). The van der Waals surface area contributed by atoms with Crippen molar-refractivity contribution in [2.75, 3.05) is 5.32 Å². The summed E-state index contributed by atoms with van der Waals surface area (Å²) in [6.07, 6.45) is -0.909. The number of rotatable bonds is 5. The first-order valence-corrected chi connectivity index (χ1v) is 10.5. The molecule has 3 N–H and O–H groups in total. The van der Waals surface area contributed by atoms with Gasteiger partial charge in [0.2, 0.25) is 5.91 Å². The molecule has 1 aromatic carbocycles. The van der Waals surface area contributed by atoms with Gasteiger partial charge in [-0.25, -0.2) is 4.98 Å². The van der Waals surface area contributed by atoms with Gasteiger partial charge in [0, 0.05) is 18.8 Å². The zero-order chi connectivity index (χ0) is 23.8. The minimum atomic E-state index is -4.44. The second kappa shape index (κ2) is 8.85. The van der Waals surface area contributed by atoms with Gasteiger partial charge in [0.25, 0.3) is 5.56 Å². The minimum Gasteiger partial charge on any atom is -0.393 e. The largest absolute Gasteiger partial charge is 0.416 e. The fourth-order valence-corrected chi connectivity index (χ4v) is 3.91. The molecule has 0 bridgehead atoms. The van der Waals surface area contributed by atoms with E-state index < -0.39 is 17.3 Å². The standard InChI is InChI=1S/C21H23F3N6O3/c1-29-18-17(19(28-29)27-14-4-2-12(3-5-14)21(22,23)24)25-11-30(20(18)33)10-16(32)26-13-6-8-15(31)9-7-13/h2-5,11,13,15,31H,6-10H2,1H3,(H,26,32)(H,27,28)/t13-,15-. The second-order valence-electron chi connectivity index (χ2n) is 8.12. The maximum atomic E-state index is 12.9. The highest BCUT2D eigenvalue weighted by Crippen LogP contribution is 2.30. The summed E-state index contributed by atoms with van der Waals surface area (Å²) in [6, 6.07) is 4.38. The number of anilines is 2. The summed E-state index contributed by atoms with van der Waals surface area (Å²) in [5, 5.41) is 19.6. The molecule has 0 atom stereocenters. The van der Waals surface area contributed by atoms with Gasteiger partial charge >= 0.3 is 6.18 Å². The molecule has 2 heterocycles. The number of hydrogen-bond acceptors (Lipinski definition) is 6. The van der Waals surface area contributed by atoms with Crippen LogP contribution in [0.4, 0.5) is 24.7 Å². The number of nitrogens with one attached hydrogen (secondary N) is 2. The molecule has 1 aliphatic carbocycles. The monoisotopic (exact) mass is 464 g/mol. The first kappa shape index (κ1) is 22.8. The molecule has 0 spiro atoms. The van der Waals surface area contributed by atoms with Gasteiger partial charge in [0.05, 0.1) is 18.0 Å². The van der Waals surface area contributed by atoms with E-state index >= 15 is 0 Å². The minimum absolute atomic E-state index is 0.0375. The van der Waals surface area contributed by atoms with Gasteiger partial charge in [-0.1, -0.05) is 0 Å². The normalized spacial score (nSPS) is 18.9. The van der Waals surface area contributed by atoms with Crippen LogP contribution in [0.2, 0.25) is 0 Å². The Morgan fingerprint density at radius 1 is 1.18 bits per heavy atom. The summed E-state index contributed by atoms with van der Waals surface area (Å²) < 4.78 is 40.8. The third kappa shape index (κ3) is 5.00. The molecule has 1 saturated carbocycles. The van der Waals surface area contributed by atoms with Crippen molar-refractivity contribution >= 4 is 28.4 Å². The van der Waals surface area contributed by atoms with Crippen LogP contribution in [-0.2, 0) is 24.6 Å². The van der Waals surface area contributed by atoms with Crippen LogP contribution >= 0.6 is 0 Å². The van der Waals surface area contributed by atoms with Crippen LogP contribution < -0.4 is 16.2 Å². The van der Waals surface area contributed by atoms with Crippen LogP contribution in [0.5, 0.6) is 0 Å². The van der Waals surface area contributed by atoms with Gasteiger partial charge in [0.15, 0.2) is 11.3 Å². The fourth-order valence-electron chi connectivity index (χ4n) is 3.91. The molecule has 12 heteroatoms. The number of aliphatic hydroxyl groups is 1. The van der Waals surface area contributed by atoms with E-state index in [1.165, 1.54) is 27.7 Å². The van der Waals surface area contributed by atoms with Crippen molar-refractivity contribution in [3.63, 3.8) is 0 Å². The van der Waals surface area contributed by atoms with E-state index in [-0.39, 0.29) is 41.4 Å². The van der Waals surface area contributed by atoms with Gasteiger partial charge in [-0.3, -0.25) is 18.8 Å². The van der Waals surface area contributed by atoms with Crippen molar-refractivity contribution in [1.82, 2.24) is 24.6 Å². The Hall–Kier alpha value is -3.41. The Morgan fingerprint density at radius 2 is 1.85 bits per heavy atom. The third-order valence-electron chi connectivity index (χ3n) is 5.66. The number of aromatic nitrogens is 4. The van der Waals surface area contributed by atoms with Crippen molar-refractivity contribution in [3.8, 4) is 0 Å². The Labute approximate surface area is 186 Å². The number of carbonyl (C=O) groups is 1. The quantitative estimate of drug-likeness (QED) is 0.534. The molecule has 3 aromatic rings. The van der Waals surface area contributed by atoms with Crippen molar-refractivity contribution in [3.05, 3.63) is 46.5 Å². The van der Waals surface area contributed by atoms with Gasteiger partial charge < -0.3 is 15.7 Å². The summed E-state index contributed by atoms with van der Waals surface area (Å²) in [7, 11) is 1.54. The zero-order valence-corrected chi connectivity index (χ0v) is 17.8. The van der Waals surface area contributed by atoms with Crippen LogP contribution in [0.3, 0.4) is 0 Å². The molecule has 1 fully saturated rings.